The fraction of sp³-hybridized carbons (Fsp3) is 0.0435. The summed E-state index contributed by atoms with van der Waals surface area (Å²) in [6, 6.07) is 20.2. The predicted molar refractivity (Wildman–Crippen MR) is 110 cm³/mol. The molecule has 5 rings (SSSR count). The highest BCUT2D eigenvalue weighted by Crippen LogP contribution is 2.39. The van der Waals surface area contributed by atoms with E-state index in [-0.39, 0.29) is 5.56 Å². The van der Waals surface area contributed by atoms with E-state index in [0.717, 1.165) is 26.6 Å². The fourth-order valence-electron chi connectivity index (χ4n) is 3.32. The van der Waals surface area contributed by atoms with Gasteiger partial charge in [-0.2, -0.15) is 4.39 Å². The van der Waals surface area contributed by atoms with Crippen LogP contribution in [-0.2, 0) is 0 Å². The lowest BCUT2D eigenvalue weighted by molar-refractivity contribution is 0.590. The highest BCUT2D eigenvalue weighted by Gasteiger charge is 2.14. The number of nitrogens with zero attached hydrogens (tertiary/aromatic N) is 2. The van der Waals surface area contributed by atoms with E-state index < -0.39 is 12.8 Å². The molecule has 4 heteroatoms. The first-order valence-corrected chi connectivity index (χ1v) is 9.27. The summed E-state index contributed by atoms with van der Waals surface area (Å²) in [5.41, 5.74) is 3.19. The van der Waals surface area contributed by atoms with E-state index in [1.807, 2.05) is 54.6 Å². The maximum atomic E-state index is 13.6. The van der Waals surface area contributed by atoms with Crippen molar-refractivity contribution in [1.29, 1.82) is 0 Å². The molecule has 0 spiro atoms. The van der Waals surface area contributed by atoms with Gasteiger partial charge in [-0.05, 0) is 41.7 Å². The van der Waals surface area contributed by atoms with Gasteiger partial charge in [0.2, 0.25) is 5.95 Å². The number of hydrogen-bond donors (Lipinski definition) is 0. The number of fused-ring (bicyclic) bond motifs is 3. The molecule has 0 unspecified atom stereocenters. The van der Waals surface area contributed by atoms with Crippen LogP contribution in [0, 0.1) is 12.8 Å². The van der Waals surface area contributed by atoms with Gasteiger partial charge in [-0.3, -0.25) is 4.98 Å². The molecule has 0 N–H and O–H groups in total. The van der Waals surface area contributed by atoms with Gasteiger partial charge in [-0.15, -0.1) is 11.3 Å². The van der Waals surface area contributed by atoms with Crippen molar-refractivity contribution in [3.05, 3.63) is 84.4 Å². The van der Waals surface area contributed by atoms with Crippen LogP contribution in [0.1, 0.15) is 9.68 Å². The Morgan fingerprint density at radius 2 is 1.81 bits per heavy atom. The number of aromatic nitrogens is 2. The van der Waals surface area contributed by atoms with Crippen molar-refractivity contribution in [1.82, 2.24) is 9.97 Å². The average molecular weight is 373 g/mol. The lowest BCUT2D eigenvalue weighted by atomic mass is 9.99. The second kappa shape index (κ2) is 6.25. The molecule has 5 aromatic rings. The van der Waals surface area contributed by atoms with Gasteiger partial charge in [-0.1, -0.05) is 48.5 Å². The molecule has 2 aromatic carbocycles. The van der Waals surface area contributed by atoms with Gasteiger partial charge in [0.25, 0.3) is 0 Å². The molecule has 27 heavy (non-hydrogen) atoms. The van der Waals surface area contributed by atoms with E-state index in [4.69, 9.17) is 4.11 Å². The molecular weight excluding hydrogens is 355 g/mol. The SMILES string of the molecule is [2H]C([2H])([2H])c1cnc(-c2cccc3c2sc2nc(F)ccc23)cc1-c1ccccc1. The molecule has 3 aromatic heterocycles. The predicted octanol–water partition coefficient (Wildman–Crippen LogP) is 6.63. The van der Waals surface area contributed by atoms with Crippen molar-refractivity contribution in [3.63, 3.8) is 0 Å². The van der Waals surface area contributed by atoms with Crippen LogP contribution in [0.3, 0.4) is 0 Å². The minimum atomic E-state index is -2.28. The fourth-order valence-corrected chi connectivity index (χ4v) is 4.50. The first-order valence-electron chi connectivity index (χ1n) is 9.96. The Balaban J connectivity index is 1.77. The van der Waals surface area contributed by atoms with Crippen molar-refractivity contribution in [2.24, 2.45) is 0 Å². The highest BCUT2D eigenvalue weighted by molar-refractivity contribution is 7.26. The summed E-state index contributed by atoms with van der Waals surface area (Å²) in [5, 5.41) is 1.86. The van der Waals surface area contributed by atoms with Crippen LogP contribution in [0.15, 0.2) is 72.9 Å². The van der Waals surface area contributed by atoms with E-state index in [1.54, 1.807) is 6.07 Å². The normalized spacial score (nSPS) is 13.4. The topological polar surface area (TPSA) is 25.8 Å². The first kappa shape index (κ1) is 13.1. The standard InChI is InChI=1S/C23H15FN2S/c1-14-13-25-20(12-19(14)15-6-3-2-4-7-15)18-9-5-8-16-17-10-11-21(24)26-23(17)27-22(16)18/h2-13H,1H3/i1D3. The molecule has 0 aliphatic heterocycles. The maximum absolute atomic E-state index is 13.6. The zero-order valence-electron chi connectivity index (χ0n) is 17.1. The van der Waals surface area contributed by atoms with E-state index in [2.05, 4.69) is 9.97 Å². The molecule has 0 atom stereocenters. The summed E-state index contributed by atoms with van der Waals surface area (Å²) in [6.07, 6.45) is 1.44. The highest BCUT2D eigenvalue weighted by atomic mass is 32.1. The summed E-state index contributed by atoms with van der Waals surface area (Å²) in [5.74, 6) is -0.512. The number of benzene rings is 2. The zero-order chi connectivity index (χ0) is 20.9. The number of halogens is 1. The summed E-state index contributed by atoms with van der Waals surface area (Å²) in [7, 11) is 0. The van der Waals surface area contributed by atoms with Crippen LogP contribution in [0.25, 0.3) is 42.7 Å². The Morgan fingerprint density at radius 3 is 2.67 bits per heavy atom. The molecule has 3 heterocycles. The van der Waals surface area contributed by atoms with E-state index in [9.17, 15) is 4.39 Å². The number of thiophene rings is 1. The number of rotatable bonds is 2. The quantitative estimate of drug-likeness (QED) is 0.325. The minimum absolute atomic E-state index is 0.213. The molecule has 0 saturated carbocycles. The summed E-state index contributed by atoms with van der Waals surface area (Å²) >= 11 is 1.41. The Kier molecular flexibility index (Phi) is 3.04. The van der Waals surface area contributed by atoms with Gasteiger partial charge in [0, 0.05) is 31.3 Å². The summed E-state index contributed by atoms with van der Waals surface area (Å²) in [6.45, 7) is -2.28. The molecule has 0 aliphatic rings. The largest absolute Gasteiger partial charge is 0.256 e. The lowest BCUT2D eigenvalue weighted by Gasteiger charge is -2.09. The van der Waals surface area contributed by atoms with Gasteiger partial charge >= 0.3 is 0 Å². The number of aryl methyl sites for hydroxylation is 1. The maximum Gasteiger partial charge on any atom is 0.214 e. The van der Waals surface area contributed by atoms with Crippen LogP contribution >= 0.6 is 11.3 Å². The van der Waals surface area contributed by atoms with Crippen LogP contribution < -0.4 is 0 Å². The first-order chi connectivity index (χ1) is 14.4. The smallest absolute Gasteiger partial charge is 0.214 e. The Labute approximate surface area is 164 Å². The van der Waals surface area contributed by atoms with Gasteiger partial charge in [-0.25, -0.2) is 4.98 Å². The molecule has 130 valence electrons. The third kappa shape index (κ3) is 2.69. The second-order valence-corrected chi connectivity index (χ2v) is 7.25. The molecule has 0 amide bonds. The van der Waals surface area contributed by atoms with Crippen LogP contribution in [0.5, 0.6) is 0 Å². The van der Waals surface area contributed by atoms with Crippen molar-refractivity contribution in [3.8, 4) is 22.4 Å². The third-order valence-electron chi connectivity index (χ3n) is 4.59. The summed E-state index contributed by atoms with van der Waals surface area (Å²) in [4.78, 5) is 9.13. The van der Waals surface area contributed by atoms with Crippen LogP contribution in [0.4, 0.5) is 4.39 Å². The summed E-state index contributed by atoms with van der Waals surface area (Å²) < 4.78 is 38.3. The lowest BCUT2D eigenvalue weighted by Crippen LogP contribution is -1.89. The minimum Gasteiger partial charge on any atom is -0.256 e. The Hall–Kier alpha value is -3.11. The monoisotopic (exact) mass is 373 g/mol. The van der Waals surface area contributed by atoms with Crippen molar-refractivity contribution in [2.75, 3.05) is 0 Å². The van der Waals surface area contributed by atoms with E-state index >= 15 is 0 Å². The average Bonchev–Trinajstić information content (AvgIpc) is 3.11. The number of hydrogen-bond acceptors (Lipinski definition) is 3. The molecule has 0 fully saturated rings. The molecule has 0 bridgehead atoms. The Morgan fingerprint density at radius 1 is 0.926 bits per heavy atom. The van der Waals surface area contributed by atoms with E-state index in [0.29, 0.717) is 16.1 Å². The van der Waals surface area contributed by atoms with Crippen LogP contribution in [0.2, 0.25) is 0 Å². The Bertz CT molecular complexity index is 1390. The zero-order valence-corrected chi connectivity index (χ0v) is 14.9. The van der Waals surface area contributed by atoms with Crippen molar-refractivity contribution < 1.29 is 8.50 Å². The van der Waals surface area contributed by atoms with Crippen molar-refractivity contribution in [2.45, 2.75) is 6.85 Å². The second-order valence-electron chi connectivity index (χ2n) is 6.25. The van der Waals surface area contributed by atoms with Crippen LogP contribution in [-0.4, -0.2) is 9.97 Å². The van der Waals surface area contributed by atoms with Gasteiger partial charge < -0.3 is 0 Å². The third-order valence-corrected chi connectivity index (χ3v) is 5.74. The van der Waals surface area contributed by atoms with Gasteiger partial charge in [0.15, 0.2) is 0 Å². The van der Waals surface area contributed by atoms with Gasteiger partial charge in [0.1, 0.15) is 4.83 Å². The molecule has 0 aliphatic carbocycles. The molecule has 0 radical (unpaired) electrons. The van der Waals surface area contributed by atoms with Crippen molar-refractivity contribution >= 4 is 31.6 Å². The molecule has 2 nitrogen and oxygen atoms in total. The number of pyridine rings is 2. The molecule has 0 saturated heterocycles. The molecular formula is C23H15FN2S. The van der Waals surface area contributed by atoms with Gasteiger partial charge in [0.05, 0.1) is 5.69 Å². The van der Waals surface area contributed by atoms with E-state index in [1.165, 1.54) is 23.6 Å².